The van der Waals surface area contributed by atoms with E-state index in [9.17, 15) is 9.59 Å². The van der Waals surface area contributed by atoms with Gasteiger partial charge in [-0.25, -0.2) is 4.79 Å². The van der Waals surface area contributed by atoms with Gasteiger partial charge in [0.2, 0.25) is 0 Å². The van der Waals surface area contributed by atoms with E-state index in [2.05, 4.69) is 0 Å². The lowest BCUT2D eigenvalue weighted by atomic mass is 10.2. The van der Waals surface area contributed by atoms with Gasteiger partial charge in [-0.15, -0.1) is 0 Å². The van der Waals surface area contributed by atoms with E-state index in [0.29, 0.717) is 0 Å². The first-order valence-corrected chi connectivity index (χ1v) is 4.35. The van der Waals surface area contributed by atoms with Crippen LogP contribution in [0.1, 0.15) is 19.3 Å². The van der Waals surface area contributed by atoms with Gasteiger partial charge in [-0.05, 0) is 6.42 Å². The zero-order valence-corrected chi connectivity index (χ0v) is 8.00. The number of ether oxygens (including phenoxy) is 1. The average molecular weight is 222 g/mol. The molecule has 1 unspecified atom stereocenters. The Kier molecular flexibility index (Phi) is 6.59. The molecule has 0 fully saturated rings. The van der Waals surface area contributed by atoms with E-state index >= 15 is 0 Å². The summed E-state index contributed by atoms with van der Waals surface area (Å²) in [5.74, 6) is -2.30. The zero-order valence-electron chi connectivity index (χ0n) is 8.00. The smallest absolute Gasteiger partial charge is 0.333 e. The fourth-order valence-corrected chi connectivity index (χ4v) is 0.881. The number of carboxylic acid groups (broad SMARTS) is 2. The standard InChI is InChI=1S/C8H14O7/c9-6(10)2-1-3-15-5(8(13)14)4-7(11)12/h5,7,11-12H,1-4H2,(H,9,10)(H,13,14). The summed E-state index contributed by atoms with van der Waals surface area (Å²) in [6, 6.07) is 0. The molecule has 0 amide bonds. The highest BCUT2D eigenvalue weighted by molar-refractivity contribution is 5.72. The molecule has 0 aliphatic rings. The Bertz CT molecular complexity index is 213. The number of carbonyl (C=O) groups is 2. The van der Waals surface area contributed by atoms with Crippen molar-refractivity contribution in [3.8, 4) is 0 Å². The van der Waals surface area contributed by atoms with Crippen molar-refractivity contribution >= 4 is 11.9 Å². The molecule has 88 valence electrons. The molecule has 7 nitrogen and oxygen atoms in total. The maximum absolute atomic E-state index is 10.5. The summed E-state index contributed by atoms with van der Waals surface area (Å²) < 4.78 is 4.78. The van der Waals surface area contributed by atoms with Crippen LogP contribution in [0.5, 0.6) is 0 Å². The third-order valence-electron chi connectivity index (χ3n) is 1.55. The normalized spacial score (nSPS) is 12.7. The van der Waals surface area contributed by atoms with Crippen LogP contribution >= 0.6 is 0 Å². The number of aliphatic hydroxyl groups excluding tert-OH is 1. The van der Waals surface area contributed by atoms with Crippen molar-refractivity contribution in [1.82, 2.24) is 0 Å². The van der Waals surface area contributed by atoms with Crippen LogP contribution in [0.4, 0.5) is 0 Å². The van der Waals surface area contributed by atoms with Crippen LogP contribution in [0.3, 0.4) is 0 Å². The Morgan fingerprint density at radius 2 is 1.80 bits per heavy atom. The van der Waals surface area contributed by atoms with Gasteiger partial charge in [0.05, 0.1) is 0 Å². The second-order valence-electron chi connectivity index (χ2n) is 2.91. The van der Waals surface area contributed by atoms with Crippen molar-refractivity contribution in [2.24, 2.45) is 0 Å². The number of carboxylic acids is 2. The minimum absolute atomic E-state index is 0.0456. The number of aliphatic carboxylic acids is 2. The highest BCUT2D eigenvalue weighted by Crippen LogP contribution is 2.03. The SMILES string of the molecule is O=C(O)CCCOC(CC(O)O)C(=O)O. The first kappa shape index (κ1) is 13.8. The third-order valence-corrected chi connectivity index (χ3v) is 1.55. The minimum atomic E-state index is -1.76. The Morgan fingerprint density at radius 3 is 2.20 bits per heavy atom. The predicted octanol–water partition coefficient (Wildman–Crippen LogP) is -0.978. The quantitative estimate of drug-likeness (QED) is 0.307. The molecule has 4 N–H and O–H groups in total. The summed E-state index contributed by atoms with van der Waals surface area (Å²) in [4.78, 5) is 20.6. The molecule has 0 radical (unpaired) electrons. The molecule has 0 aliphatic heterocycles. The lowest BCUT2D eigenvalue weighted by molar-refractivity contribution is -0.158. The fraction of sp³-hybridized carbons (Fsp3) is 0.750. The van der Waals surface area contributed by atoms with E-state index in [1.54, 1.807) is 0 Å². The number of aliphatic hydroxyl groups is 2. The lowest BCUT2D eigenvalue weighted by Gasteiger charge is -2.13. The van der Waals surface area contributed by atoms with Crippen molar-refractivity contribution in [2.75, 3.05) is 6.61 Å². The Labute approximate surface area is 85.9 Å². The van der Waals surface area contributed by atoms with Crippen molar-refractivity contribution in [3.05, 3.63) is 0 Å². The van der Waals surface area contributed by atoms with Crippen LogP contribution in [0.25, 0.3) is 0 Å². The topological polar surface area (TPSA) is 124 Å². The van der Waals surface area contributed by atoms with Gasteiger partial charge in [-0.3, -0.25) is 4.79 Å². The van der Waals surface area contributed by atoms with Crippen LogP contribution in [0, 0.1) is 0 Å². The Hall–Kier alpha value is -1.18. The fourth-order valence-electron chi connectivity index (χ4n) is 0.881. The first-order chi connectivity index (χ1) is 6.93. The van der Waals surface area contributed by atoms with Crippen LogP contribution in [-0.2, 0) is 14.3 Å². The largest absolute Gasteiger partial charge is 0.481 e. The maximum Gasteiger partial charge on any atom is 0.333 e. The van der Waals surface area contributed by atoms with Crippen molar-refractivity contribution in [1.29, 1.82) is 0 Å². The molecule has 0 saturated heterocycles. The highest BCUT2D eigenvalue weighted by Gasteiger charge is 2.20. The number of hydrogen-bond acceptors (Lipinski definition) is 5. The molecule has 1 atom stereocenters. The van der Waals surface area contributed by atoms with Crippen LogP contribution in [-0.4, -0.2) is 51.4 Å². The molecule has 0 aromatic rings. The number of hydrogen-bond donors (Lipinski definition) is 4. The van der Waals surface area contributed by atoms with Gasteiger partial charge in [-0.1, -0.05) is 0 Å². The molecular weight excluding hydrogens is 208 g/mol. The molecule has 0 aliphatic carbocycles. The lowest BCUT2D eigenvalue weighted by Crippen LogP contribution is -2.29. The summed E-state index contributed by atoms with van der Waals surface area (Å²) in [6.07, 6.45) is -3.46. The van der Waals surface area contributed by atoms with Gasteiger partial charge in [0.25, 0.3) is 0 Å². The van der Waals surface area contributed by atoms with E-state index in [0.717, 1.165) is 0 Å². The molecule has 7 heteroatoms. The van der Waals surface area contributed by atoms with Gasteiger partial charge < -0.3 is 25.2 Å². The second kappa shape index (κ2) is 7.16. The summed E-state index contributed by atoms with van der Waals surface area (Å²) >= 11 is 0. The van der Waals surface area contributed by atoms with Crippen LogP contribution in [0.2, 0.25) is 0 Å². The zero-order chi connectivity index (χ0) is 11.8. The molecular formula is C8H14O7. The Morgan fingerprint density at radius 1 is 1.20 bits per heavy atom. The molecule has 0 rings (SSSR count). The van der Waals surface area contributed by atoms with Gasteiger partial charge >= 0.3 is 11.9 Å². The molecule has 0 aromatic carbocycles. The van der Waals surface area contributed by atoms with Crippen LogP contribution in [0.15, 0.2) is 0 Å². The van der Waals surface area contributed by atoms with Crippen molar-refractivity contribution in [3.63, 3.8) is 0 Å². The van der Waals surface area contributed by atoms with Gasteiger partial charge in [0.1, 0.15) is 0 Å². The Balaban J connectivity index is 3.76. The van der Waals surface area contributed by atoms with E-state index in [-0.39, 0.29) is 19.4 Å². The van der Waals surface area contributed by atoms with Gasteiger partial charge in [0.15, 0.2) is 12.4 Å². The second-order valence-corrected chi connectivity index (χ2v) is 2.91. The molecule has 0 aromatic heterocycles. The van der Waals surface area contributed by atoms with E-state index in [1.807, 2.05) is 0 Å². The summed E-state index contributed by atoms with van der Waals surface area (Å²) in [5, 5.41) is 33.9. The van der Waals surface area contributed by atoms with Gasteiger partial charge in [-0.2, -0.15) is 0 Å². The monoisotopic (exact) mass is 222 g/mol. The van der Waals surface area contributed by atoms with Crippen molar-refractivity contribution < 1.29 is 34.8 Å². The van der Waals surface area contributed by atoms with Crippen LogP contribution < -0.4 is 0 Å². The molecule has 0 saturated carbocycles. The number of rotatable bonds is 8. The third kappa shape index (κ3) is 7.86. The molecule has 0 bridgehead atoms. The maximum atomic E-state index is 10.5. The van der Waals surface area contributed by atoms with Gasteiger partial charge in [0, 0.05) is 19.4 Å². The highest BCUT2D eigenvalue weighted by atomic mass is 16.5. The molecule has 15 heavy (non-hydrogen) atoms. The molecule has 0 heterocycles. The predicted molar refractivity (Wildman–Crippen MR) is 47.1 cm³/mol. The van der Waals surface area contributed by atoms with E-state index < -0.39 is 30.8 Å². The average Bonchev–Trinajstić information content (AvgIpc) is 2.08. The summed E-state index contributed by atoms with van der Waals surface area (Å²) in [6.45, 7) is -0.0456. The van der Waals surface area contributed by atoms with E-state index in [1.165, 1.54) is 0 Å². The molecule has 0 spiro atoms. The van der Waals surface area contributed by atoms with E-state index in [4.69, 9.17) is 25.2 Å². The summed E-state index contributed by atoms with van der Waals surface area (Å²) in [7, 11) is 0. The first-order valence-electron chi connectivity index (χ1n) is 4.35. The van der Waals surface area contributed by atoms with Crippen molar-refractivity contribution in [2.45, 2.75) is 31.7 Å². The minimum Gasteiger partial charge on any atom is -0.481 e. The summed E-state index contributed by atoms with van der Waals surface area (Å²) in [5.41, 5.74) is 0.